The molecule has 2 N–H and O–H groups in total. The predicted molar refractivity (Wildman–Crippen MR) is 126 cm³/mol. The minimum atomic E-state index is -1.06. The van der Waals surface area contributed by atoms with Crippen LogP contribution in [-0.4, -0.2) is 5.91 Å². The van der Waals surface area contributed by atoms with Crippen molar-refractivity contribution < 1.29 is 9.18 Å². The molecule has 5 aromatic rings. The lowest BCUT2D eigenvalue weighted by molar-refractivity contribution is -0.118. The molecule has 152 valence electrons. The van der Waals surface area contributed by atoms with Gasteiger partial charge in [0.25, 0.3) is 0 Å². The second-order valence-electron chi connectivity index (χ2n) is 8.44. The van der Waals surface area contributed by atoms with E-state index in [2.05, 4.69) is 47.0 Å². The van der Waals surface area contributed by atoms with Gasteiger partial charge in [0.2, 0.25) is 5.91 Å². The fourth-order valence-electron chi connectivity index (χ4n) is 5.53. The number of amides is 1. The molecule has 0 fully saturated rings. The summed E-state index contributed by atoms with van der Waals surface area (Å²) in [6.45, 7) is 0. The number of hydrogen-bond donors (Lipinski definition) is 2. The predicted octanol–water partition coefficient (Wildman–Crippen LogP) is 6.48. The Bertz CT molecular complexity index is 1540. The van der Waals surface area contributed by atoms with E-state index < -0.39 is 5.41 Å². The number of halogens is 1. The van der Waals surface area contributed by atoms with Gasteiger partial charge < -0.3 is 10.6 Å². The number of carbonyl (C=O) groups is 1. The Kier molecular flexibility index (Phi) is 3.25. The monoisotopic (exact) mass is 416 g/mol. The third-order valence-electron chi connectivity index (χ3n) is 6.89. The van der Waals surface area contributed by atoms with Gasteiger partial charge in [-0.2, -0.15) is 0 Å². The average molecular weight is 416 g/mol. The first-order valence-corrected chi connectivity index (χ1v) is 10.6. The molecule has 1 spiro atoms. The summed E-state index contributed by atoms with van der Waals surface area (Å²) in [5.41, 5.74) is 3.82. The lowest BCUT2D eigenvalue weighted by Crippen LogP contribution is -2.40. The van der Waals surface area contributed by atoms with Gasteiger partial charge >= 0.3 is 0 Å². The van der Waals surface area contributed by atoms with Crippen LogP contribution in [0.15, 0.2) is 91.0 Å². The van der Waals surface area contributed by atoms with Gasteiger partial charge in [-0.15, -0.1) is 0 Å². The molecule has 2 aliphatic heterocycles. The van der Waals surface area contributed by atoms with E-state index in [1.165, 1.54) is 12.1 Å². The highest BCUT2D eigenvalue weighted by molar-refractivity contribution is 6.18. The Labute approximate surface area is 183 Å². The third kappa shape index (κ3) is 2.02. The zero-order chi connectivity index (χ0) is 21.4. The molecule has 0 aromatic heterocycles. The van der Waals surface area contributed by atoms with Crippen molar-refractivity contribution in [2.75, 3.05) is 10.6 Å². The molecule has 0 unspecified atom stereocenters. The smallest absolute Gasteiger partial charge is 0.244 e. The molecule has 2 heterocycles. The van der Waals surface area contributed by atoms with Crippen LogP contribution in [0.4, 0.5) is 21.5 Å². The maximum absolute atomic E-state index is 14.1. The highest BCUT2D eigenvalue weighted by Gasteiger charge is 2.54. The van der Waals surface area contributed by atoms with E-state index >= 15 is 0 Å². The molecule has 0 saturated carbocycles. The lowest BCUT2D eigenvalue weighted by atomic mass is 9.66. The van der Waals surface area contributed by atoms with E-state index in [4.69, 9.17) is 0 Å². The molecule has 0 atom stereocenters. The minimum Gasteiger partial charge on any atom is -0.354 e. The summed E-state index contributed by atoms with van der Waals surface area (Å²) in [4.78, 5) is 13.9. The van der Waals surface area contributed by atoms with Crippen molar-refractivity contribution >= 4 is 44.5 Å². The number of fused-ring (bicyclic) bond motifs is 10. The summed E-state index contributed by atoms with van der Waals surface area (Å²) in [7, 11) is 0. The first kappa shape index (κ1) is 17.5. The molecule has 7 rings (SSSR count). The number of rotatable bonds is 0. The van der Waals surface area contributed by atoms with Crippen LogP contribution in [0.2, 0.25) is 0 Å². The van der Waals surface area contributed by atoms with Crippen LogP contribution >= 0.6 is 0 Å². The number of benzene rings is 5. The Balaban J connectivity index is 1.69. The second-order valence-corrected chi connectivity index (χ2v) is 8.44. The SMILES string of the molecule is O=C1Nc2cc(F)ccc2C12c1ccc3ccccc3c1Nc1c2ccc2ccccc12. The van der Waals surface area contributed by atoms with Gasteiger partial charge in [0, 0.05) is 33.2 Å². The number of carbonyl (C=O) groups excluding carboxylic acids is 1. The highest BCUT2D eigenvalue weighted by atomic mass is 19.1. The Morgan fingerprint density at radius 1 is 0.625 bits per heavy atom. The first-order valence-electron chi connectivity index (χ1n) is 10.6. The van der Waals surface area contributed by atoms with Crippen LogP contribution in [-0.2, 0) is 10.2 Å². The fraction of sp³-hybridized carbons (Fsp3) is 0.0357. The van der Waals surface area contributed by atoms with Crippen molar-refractivity contribution in [2.24, 2.45) is 0 Å². The van der Waals surface area contributed by atoms with Gasteiger partial charge in [0.15, 0.2) is 0 Å². The largest absolute Gasteiger partial charge is 0.354 e. The number of nitrogens with one attached hydrogen (secondary N) is 2. The van der Waals surface area contributed by atoms with E-state index in [-0.39, 0.29) is 11.7 Å². The van der Waals surface area contributed by atoms with E-state index in [1.54, 1.807) is 6.07 Å². The molecule has 3 nitrogen and oxygen atoms in total. The Morgan fingerprint density at radius 2 is 1.19 bits per heavy atom. The topological polar surface area (TPSA) is 41.1 Å². The minimum absolute atomic E-state index is 0.160. The number of anilines is 3. The van der Waals surface area contributed by atoms with Crippen LogP contribution in [0.1, 0.15) is 16.7 Å². The number of hydrogen-bond acceptors (Lipinski definition) is 2. The van der Waals surface area contributed by atoms with Crippen LogP contribution in [0.25, 0.3) is 21.5 Å². The van der Waals surface area contributed by atoms with Gasteiger partial charge in [0.05, 0.1) is 11.4 Å². The van der Waals surface area contributed by atoms with E-state index in [0.29, 0.717) is 5.69 Å². The molecule has 0 saturated heterocycles. The van der Waals surface area contributed by atoms with Crippen LogP contribution in [0, 0.1) is 5.82 Å². The van der Waals surface area contributed by atoms with Crippen molar-refractivity contribution in [3.8, 4) is 0 Å². The normalized spacial score (nSPS) is 15.2. The van der Waals surface area contributed by atoms with E-state index in [1.807, 2.05) is 36.4 Å². The summed E-state index contributed by atoms with van der Waals surface area (Å²) in [5.74, 6) is -0.528. The quantitative estimate of drug-likeness (QED) is 0.304. The second kappa shape index (κ2) is 5.95. The fourth-order valence-corrected chi connectivity index (χ4v) is 5.53. The van der Waals surface area contributed by atoms with Gasteiger partial charge in [-0.3, -0.25) is 4.79 Å². The lowest BCUT2D eigenvalue weighted by Gasteiger charge is -2.38. The van der Waals surface area contributed by atoms with Crippen LogP contribution < -0.4 is 10.6 Å². The van der Waals surface area contributed by atoms with E-state index in [9.17, 15) is 9.18 Å². The van der Waals surface area contributed by atoms with Crippen molar-refractivity contribution in [1.82, 2.24) is 0 Å². The Hall–Kier alpha value is -4.18. The van der Waals surface area contributed by atoms with Crippen LogP contribution in [0.3, 0.4) is 0 Å². The molecule has 2 aliphatic rings. The maximum atomic E-state index is 14.1. The molecule has 4 heteroatoms. The third-order valence-corrected chi connectivity index (χ3v) is 6.89. The molecule has 1 amide bonds. The van der Waals surface area contributed by atoms with Gasteiger partial charge in [0.1, 0.15) is 11.2 Å². The highest BCUT2D eigenvalue weighted by Crippen LogP contribution is 2.57. The standard InChI is InChI=1S/C28H17FN2O/c29-18-11-14-21-24(15-18)30-27(32)28(21)22-12-9-16-5-1-3-7-19(16)25(22)31-26-20-8-4-2-6-17(20)10-13-23(26)28/h1-15,31H,(H,30,32). The summed E-state index contributed by atoms with van der Waals surface area (Å²) in [5, 5.41) is 10.9. The van der Waals surface area contributed by atoms with Crippen molar-refractivity contribution in [3.05, 3.63) is 114 Å². The van der Waals surface area contributed by atoms with Crippen LogP contribution in [0.5, 0.6) is 0 Å². The van der Waals surface area contributed by atoms with Crippen molar-refractivity contribution in [3.63, 3.8) is 0 Å². The molecule has 5 aromatic carbocycles. The van der Waals surface area contributed by atoms with Crippen molar-refractivity contribution in [2.45, 2.75) is 5.41 Å². The maximum Gasteiger partial charge on any atom is 0.244 e. The zero-order valence-electron chi connectivity index (χ0n) is 16.9. The average Bonchev–Trinajstić information content (AvgIpc) is 3.10. The zero-order valence-corrected chi connectivity index (χ0v) is 16.9. The summed E-state index contributed by atoms with van der Waals surface area (Å²) < 4.78 is 14.1. The van der Waals surface area contributed by atoms with Gasteiger partial charge in [-0.1, -0.05) is 78.9 Å². The first-order chi connectivity index (χ1) is 15.7. The van der Waals surface area contributed by atoms with Gasteiger partial charge in [-0.05, 0) is 22.9 Å². The summed E-state index contributed by atoms with van der Waals surface area (Å²) in [6.07, 6.45) is 0. The summed E-state index contributed by atoms with van der Waals surface area (Å²) >= 11 is 0. The molecule has 32 heavy (non-hydrogen) atoms. The molecular weight excluding hydrogens is 399 g/mol. The molecule has 0 radical (unpaired) electrons. The molecule has 0 bridgehead atoms. The van der Waals surface area contributed by atoms with Crippen molar-refractivity contribution in [1.29, 1.82) is 0 Å². The summed E-state index contributed by atoms with van der Waals surface area (Å²) in [6, 6.07) is 29.1. The van der Waals surface area contributed by atoms with Gasteiger partial charge in [-0.25, -0.2) is 4.39 Å². The van der Waals surface area contributed by atoms with E-state index in [0.717, 1.165) is 49.6 Å². The molecular formula is C28H17FN2O. The Morgan fingerprint density at radius 3 is 1.81 bits per heavy atom. The molecule has 0 aliphatic carbocycles.